The van der Waals surface area contributed by atoms with Crippen LogP contribution in [0.25, 0.3) is 0 Å². The van der Waals surface area contributed by atoms with E-state index < -0.39 is 23.3 Å². The SMILES string of the molecule is CN1CCN(c2ccc(C(=O)[O-])c(C(F)(F)F)c2)CC1.[Li+]. The van der Waals surface area contributed by atoms with Crippen LogP contribution in [0.4, 0.5) is 18.9 Å². The number of nitrogens with zero attached hydrogens (tertiary/aromatic N) is 2. The van der Waals surface area contributed by atoms with E-state index >= 15 is 0 Å². The van der Waals surface area contributed by atoms with E-state index in [0.29, 0.717) is 18.8 Å². The van der Waals surface area contributed by atoms with Crippen molar-refractivity contribution in [2.24, 2.45) is 0 Å². The second-order valence-electron chi connectivity index (χ2n) is 4.81. The maximum absolute atomic E-state index is 12.9. The van der Waals surface area contributed by atoms with Crippen LogP contribution in [0, 0.1) is 0 Å². The van der Waals surface area contributed by atoms with Gasteiger partial charge in [-0.1, -0.05) is 6.07 Å². The molecule has 0 saturated carbocycles. The number of alkyl halides is 3. The molecule has 0 radical (unpaired) electrons. The number of hydrogen-bond donors (Lipinski definition) is 0. The third-order valence-corrected chi connectivity index (χ3v) is 3.40. The van der Waals surface area contributed by atoms with Crippen molar-refractivity contribution in [2.75, 3.05) is 38.1 Å². The smallest absolute Gasteiger partial charge is 0.545 e. The topological polar surface area (TPSA) is 46.6 Å². The minimum absolute atomic E-state index is 0. The molecule has 1 aliphatic heterocycles. The Morgan fingerprint density at radius 2 is 1.76 bits per heavy atom. The zero-order valence-corrected chi connectivity index (χ0v) is 11.9. The summed E-state index contributed by atoms with van der Waals surface area (Å²) in [4.78, 5) is 14.7. The number of rotatable bonds is 2. The van der Waals surface area contributed by atoms with Crippen LogP contribution in [0.5, 0.6) is 0 Å². The quantitative estimate of drug-likeness (QED) is 0.582. The Bertz CT molecular complexity index is 515. The first kappa shape index (κ1) is 17.9. The van der Waals surface area contributed by atoms with E-state index in [1.165, 1.54) is 6.07 Å². The average molecular weight is 294 g/mol. The van der Waals surface area contributed by atoms with Gasteiger partial charge in [-0.05, 0) is 19.2 Å². The van der Waals surface area contributed by atoms with Gasteiger partial charge >= 0.3 is 25.0 Å². The van der Waals surface area contributed by atoms with Crippen LogP contribution in [0.3, 0.4) is 0 Å². The number of aromatic carboxylic acids is 1. The minimum atomic E-state index is -4.71. The Balaban J connectivity index is 0.00000220. The fraction of sp³-hybridized carbons (Fsp3) is 0.462. The van der Waals surface area contributed by atoms with Gasteiger partial charge in [0.15, 0.2) is 0 Å². The molecule has 1 aromatic rings. The van der Waals surface area contributed by atoms with E-state index in [2.05, 4.69) is 4.90 Å². The van der Waals surface area contributed by atoms with Crippen LogP contribution >= 0.6 is 0 Å². The largest absolute Gasteiger partial charge is 1.00 e. The summed E-state index contributed by atoms with van der Waals surface area (Å²) in [6, 6.07) is 3.24. The van der Waals surface area contributed by atoms with Crippen LogP contribution in [0.1, 0.15) is 15.9 Å². The van der Waals surface area contributed by atoms with Gasteiger partial charge in [-0.2, -0.15) is 13.2 Å². The zero-order chi connectivity index (χ0) is 14.9. The number of carbonyl (C=O) groups is 1. The predicted molar refractivity (Wildman–Crippen MR) is 65.5 cm³/mol. The van der Waals surface area contributed by atoms with Gasteiger partial charge in [0, 0.05) is 37.4 Å². The Morgan fingerprint density at radius 3 is 2.24 bits per heavy atom. The predicted octanol–water partition coefficient (Wildman–Crippen LogP) is -2.18. The van der Waals surface area contributed by atoms with Crippen LogP contribution in [0.15, 0.2) is 18.2 Å². The Labute approximate surface area is 132 Å². The maximum atomic E-state index is 12.9. The molecule has 0 spiro atoms. The minimum Gasteiger partial charge on any atom is -0.545 e. The molecule has 0 bridgehead atoms. The van der Waals surface area contributed by atoms with Crippen molar-refractivity contribution in [3.05, 3.63) is 29.3 Å². The second kappa shape index (κ2) is 6.73. The summed E-state index contributed by atoms with van der Waals surface area (Å²) in [6.45, 7) is 2.73. The van der Waals surface area contributed by atoms with Crippen LogP contribution in [0.2, 0.25) is 0 Å². The van der Waals surface area contributed by atoms with E-state index in [0.717, 1.165) is 25.2 Å². The number of carboxylic acids is 1. The summed E-state index contributed by atoms with van der Waals surface area (Å²) >= 11 is 0. The first-order chi connectivity index (χ1) is 9.29. The third-order valence-electron chi connectivity index (χ3n) is 3.40. The molecule has 4 nitrogen and oxygen atoms in total. The summed E-state index contributed by atoms with van der Waals surface area (Å²) in [5, 5.41) is 10.8. The first-order valence-corrected chi connectivity index (χ1v) is 6.15. The number of likely N-dealkylation sites (N-methyl/N-ethyl adjacent to an activating group) is 1. The van der Waals surface area contributed by atoms with Gasteiger partial charge in [0.2, 0.25) is 0 Å². The Hall–Kier alpha value is -1.16. The molecular weight excluding hydrogens is 280 g/mol. The van der Waals surface area contributed by atoms with Crippen LogP contribution in [-0.2, 0) is 6.18 Å². The summed E-state index contributed by atoms with van der Waals surface area (Å²) in [7, 11) is 1.94. The van der Waals surface area contributed by atoms with Gasteiger partial charge in [0.05, 0.1) is 11.5 Å². The molecule has 1 heterocycles. The molecule has 1 aliphatic rings. The third kappa shape index (κ3) is 4.16. The molecule has 21 heavy (non-hydrogen) atoms. The number of carboxylic acid groups (broad SMARTS) is 1. The molecule has 1 fully saturated rings. The fourth-order valence-corrected chi connectivity index (χ4v) is 2.21. The summed E-state index contributed by atoms with van der Waals surface area (Å²) in [6.07, 6.45) is -4.71. The monoisotopic (exact) mass is 294 g/mol. The van der Waals surface area contributed by atoms with Gasteiger partial charge in [0.1, 0.15) is 0 Å². The fourth-order valence-electron chi connectivity index (χ4n) is 2.21. The van der Waals surface area contributed by atoms with E-state index in [-0.39, 0.29) is 18.9 Å². The average Bonchev–Trinajstić information content (AvgIpc) is 2.38. The van der Waals surface area contributed by atoms with Crippen LogP contribution in [-0.4, -0.2) is 44.1 Å². The van der Waals surface area contributed by atoms with E-state index in [4.69, 9.17) is 0 Å². The van der Waals surface area contributed by atoms with Crippen molar-refractivity contribution in [3.63, 3.8) is 0 Å². The molecule has 0 N–H and O–H groups in total. The molecule has 0 amide bonds. The number of carbonyl (C=O) groups excluding carboxylic acids is 1. The van der Waals surface area contributed by atoms with Crippen molar-refractivity contribution in [1.82, 2.24) is 4.90 Å². The van der Waals surface area contributed by atoms with Crippen LogP contribution < -0.4 is 28.9 Å². The standard InChI is InChI=1S/C13H15F3N2O2.Li/c1-17-4-6-18(7-5-17)9-2-3-10(12(19)20)11(8-9)13(14,15)16;/h2-3,8H,4-7H2,1H3,(H,19,20);/q;+1/p-1. The van der Waals surface area contributed by atoms with Gasteiger partial charge in [-0.3, -0.25) is 0 Å². The second-order valence-corrected chi connectivity index (χ2v) is 4.81. The van der Waals surface area contributed by atoms with Crippen molar-refractivity contribution in [3.8, 4) is 0 Å². The van der Waals surface area contributed by atoms with Crippen molar-refractivity contribution in [1.29, 1.82) is 0 Å². The van der Waals surface area contributed by atoms with E-state index in [1.807, 2.05) is 11.9 Å². The molecule has 110 valence electrons. The number of anilines is 1. The van der Waals surface area contributed by atoms with Crippen molar-refractivity contribution < 1.29 is 41.9 Å². The summed E-state index contributed by atoms with van der Waals surface area (Å²) < 4.78 is 38.7. The van der Waals surface area contributed by atoms with Gasteiger partial charge in [0.25, 0.3) is 0 Å². The number of halogens is 3. The molecule has 1 aromatic carbocycles. The zero-order valence-electron chi connectivity index (χ0n) is 11.9. The number of hydrogen-bond acceptors (Lipinski definition) is 4. The van der Waals surface area contributed by atoms with E-state index in [9.17, 15) is 23.1 Å². The maximum Gasteiger partial charge on any atom is 1.00 e. The summed E-state index contributed by atoms with van der Waals surface area (Å²) in [5.41, 5.74) is -1.60. The summed E-state index contributed by atoms with van der Waals surface area (Å²) in [5.74, 6) is -1.82. The number of benzene rings is 1. The molecule has 8 heteroatoms. The van der Waals surface area contributed by atoms with Crippen molar-refractivity contribution in [2.45, 2.75) is 6.18 Å². The molecule has 1 saturated heterocycles. The molecule has 2 rings (SSSR count). The molecule has 0 aromatic heterocycles. The number of piperazine rings is 1. The molecule has 0 unspecified atom stereocenters. The molecule has 0 aliphatic carbocycles. The van der Waals surface area contributed by atoms with Gasteiger partial charge in [-0.15, -0.1) is 0 Å². The normalized spacial score (nSPS) is 16.5. The van der Waals surface area contributed by atoms with Gasteiger partial charge in [-0.25, -0.2) is 0 Å². The molecule has 0 atom stereocenters. The van der Waals surface area contributed by atoms with Gasteiger partial charge < -0.3 is 19.7 Å². The van der Waals surface area contributed by atoms with Crippen molar-refractivity contribution >= 4 is 11.7 Å². The first-order valence-electron chi connectivity index (χ1n) is 6.15. The molecular formula is C13H14F3LiN2O2. The Kier molecular flexibility index (Phi) is 5.73. The van der Waals surface area contributed by atoms with E-state index in [1.54, 1.807) is 0 Å². The Morgan fingerprint density at radius 1 is 1.19 bits per heavy atom.